The van der Waals surface area contributed by atoms with Gasteiger partial charge in [-0.15, -0.1) is 0 Å². The normalized spacial score (nSPS) is 37.9. The molecule has 0 spiro atoms. The van der Waals surface area contributed by atoms with Crippen molar-refractivity contribution in [2.24, 2.45) is 17.8 Å². The van der Waals surface area contributed by atoms with Crippen molar-refractivity contribution < 1.29 is 14.7 Å². The number of hydrogen-bond donors (Lipinski definition) is 2. The maximum atomic E-state index is 12.1. The molecule has 0 saturated heterocycles. The summed E-state index contributed by atoms with van der Waals surface area (Å²) in [5, 5.41) is 11.9. The van der Waals surface area contributed by atoms with Crippen LogP contribution in [0.5, 0.6) is 0 Å². The van der Waals surface area contributed by atoms with Gasteiger partial charge in [0.2, 0.25) is 5.91 Å². The average Bonchev–Trinajstić information content (AvgIpc) is 2.32. The molecule has 20 heavy (non-hydrogen) atoms. The summed E-state index contributed by atoms with van der Waals surface area (Å²) in [5.41, 5.74) is 0.0959. The summed E-state index contributed by atoms with van der Waals surface area (Å²) in [7, 11) is 0. The third kappa shape index (κ3) is 2.99. The number of rotatable bonds is 6. The summed E-state index contributed by atoms with van der Waals surface area (Å²) < 4.78 is 0. The van der Waals surface area contributed by atoms with Crippen LogP contribution in [0.2, 0.25) is 0 Å². The Labute approximate surface area is 120 Å². The van der Waals surface area contributed by atoms with E-state index in [1.54, 1.807) is 0 Å². The van der Waals surface area contributed by atoms with Crippen molar-refractivity contribution in [2.75, 3.05) is 0 Å². The molecular formula is C16H25NO3. The maximum absolute atomic E-state index is 12.1. The lowest BCUT2D eigenvalue weighted by molar-refractivity contribution is -0.137. The third-order valence-corrected chi connectivity index (χ3v) is 5.49. The van der Waals surface area contributed by atoms with Crippen LogP contribution in [-0.4, -0.2) is 22.5 Å². The van der Waals surface area contributed by atoms with Crippen molar-refractivity contribution in [1.29, 1.82) is 0 Å². The van der Waals surface area contributed by atoms with Crippen molar-refractivity contribution in [1.82, 2.24) is 5.32 Å². The Morgan fingerprint density at radius 1 is 0.950 bits per heavy atom. The molecule has 4 rings (SSSR count). The van der Waals surface area contributed by atoms with Crippen molar-refractivity contribution in [3.63, 3.8) is 0 Å². The zero-order chi connectivity index (χ0) is 14.2. The van der Waals surface area contributed by atoms with Gasteiger partial charge >= 0.3 is 5.97 Å². The lowest BCUT2D eigenvalue weighted by atomic mass is 9.53. The van der Waals surface area contributed by atoms with E-state index in [0.717, 1.165) is 17.8 Å². The third-order valence-electron chi connectivity index (χ3n) is 5.49. The molecule has 4 aliphatic carbocycles. The summed E-state index contributed by atoms with van der Waals surface area (Å²) in [6.07, 6.45) is 9.63. The van der Waals surface area contributed by atoms with Gasteiger partial charge in [-0.3, -0.25) is 9.59 Å². The van der Waals surface area contributed by atoms with E-state index in [9.17, 15) is 9.59 Å². The Morgan fingerprint density at radius 3 is 1.95 bits per heavy atom. The van der Waals surface area contributed by atoms with Crippen LogP contribution in [0.1, 0.15) is 64.2 Å². The van der Waals surface area contributed by atoms with Gasteiger partial charge < -0.3 is 10.4 Å². The number of carbonyl (C=O) groups is 2. The molecule has 0 radical (unpaired) electrons. The van der Waals surface area contributed by atoms with E-state index in [2.05, 4.69) is 5.32 Å². The van der Waals surface area contributed by atoms with E-state index in [4.69, 9.17) is 5.11 Å². The van der Waals surface area contributed by atoms with Gasteiger partial charge in [-0.2, -0.15) is 0 Å². The van der Waals surface area contributed by atoms with Crippen molar-refractivity contribution in [2.45, 2.75) is 69.7 Å². The van der Waals surface area contributed by atoms with E-state index >= 15 is 0 Å². The number of nitrogens with one attached hydrogen (secondary N) is 1. The number of carbonyl (C=O) groups excluding carboxylic acids is 1. The van der Waals surface area contributed by atoms with Gasteiger partial charge in [-0.05, 0) is 69.1 Å². The Morgan fingerprint density at radius 2 is 1.45 bits per heavy atom. The lowest BCUT2D eigenvalue weighted by Gasteiger charge is -2.56. The highest BCUT2D eigenvalue weighted by atomic mass is 16.4. The Bertz CT molecular complexity index is 369. The van der Waals surface area contributed by atoms with Crippen molar-refractivity contribution in [3.8, 4) is 0 Å². The van der Waals surface area contributed by atoms with Crippen LogP contribution in [-0.2, 0) is 9.59 Å². The molecular weight excluding hydrogens is 254 g/mol. The van der Waals surface area contributed by atoms with Gasteiger partial charge in [0, 0.05) is 18.4 Å². The number of carboxylic acids is 1. The summed E-state index contributed by atoms with van der Waals surface area (Å²) in [6.45, 7) is 0. The predicted molar refractivity (Wildman–Crippen MR) is 75.1 cm³/mol. The number of aliphatic carboxylic acids is 1. The number of amides is 1. The monoisotopic (exact) mass is 279 g/mol. The molecule has 4 fully saturated rings. The van der Waals surface area contributed by atoms with Gasteiger partial charge in [0.1, 0.15) is 0 Å². The van der Waals surface area contributed by atoms with E-state index in [-0.39, 0.29) is 17.9 Å². The van der Waals surface area contributed by atoms with Gasteiger partial charge in [-0.25, -0.2) is 0 Å². The second-order valence-electron chi connectivity index (χ2n) is 7.35. The molecule has 1 amide bonds. The Balaban J connectivity index is 1.47. The first kappa shape index (κ1) is 13.9. The number of unbranched alkanes of at least 4 members (excludes halogenated alkanes) is 1. The van der Waals surface area contributed by atoms with Gasteiger partial charge in [0.15, 0.2) is 0 Å². The molecule has 4 heteroatoms. The largest absolute Gasteiger partial charge is 0.481 e. The van der Waals surface area contributed by atoms with E-state index in [1.165, 1.54) is 38.5 Å². The van der Waals surface area contributed by atoms with Crippen LogP contribution in [0.3, 0.4) is 0 Å². The molecule has 112 valence electrons. The maximum Gasteiger partial charge on any atom is 0.303 e. The summed E-state index contributed by atoms with van der Waals surface area (Å²) in [6, 6.07) is 0. The molecule has 0 heterocycles. The topological polar surface area (TPSA) is 66.4 Å². The minimum Gasteiger partial charge on any atom is -0.481 e. The molecule has 0 aromatic carbocycles. The first-order chi connectivity index (χ1) is 9.55. The van der Waals surface area contributed by atoms with Gasteiger partial charge in [-0.1, -0.05) is 0 Å². The highest BCUT2D eigenvalue weighted by Crippen LogP contribution is 2.55. The SMILES string of the molecule is O=C(O)CCCCC(=O)NC12CC3CC(CC(C3)C1)C2. The fraction of sp³-hybridized carbons (Fsp3) is 0.875. The molecule has 0 atom stereocenters. The van der Waals surface area contributed by atoms with Crippen LogP contribution in [0.25, 0.3) is 0 Å². The quantitative estimate of drug-likeness (QED) is 0.735. The highest BCUT2D eigenvalue weighted by molar-refractivity contribution is 5.77. The molecule has 4 aliphatic rings. The smallest absolute Gasteiger partial charge is 0.303 e. The molecule has 2 N–H and O–H groups in total. The molecule has 4 saturated carbocycles. The Kier molecular flexibility index (Phi) is 3.74. The van der Waals surface area contributed by atoms with E-state index in [1.807, 2.05) is 0 Å². The second kappa shape index (κ2) is 5.38. The minimum absolute atomic E-state index is 0.0959. The summed E-state index contributed by atoms with van der Waals surface area (Å²) in [4.78, 5) is 22.6. The van der Waals surface area contributed by atoms with Crippen molar-refractivity contribution >= 4 is 11.9 Å². The highest BCUT2D eigenvalue weighted by Gasteiger charge is 2.51. The summed E-state index contributed by atoms with van der Waals surface area (Å²) >= 11 is 0. The van der Waals surface area contributed by atoms with E-state index < -0.39 is 5.97 Å². The zero-order valence-corrected chi connectivity index (χ0v) is 12.1. The first-order valence-electron chi connectivity index (χ1n) is 8.07. The fourth-order valence-electron chi connectivity index (χ4n) is 5.18. The Hall–Kier alpha value is -1.06. The molecule has 0 aromatic rings. The second-order valence-corrected chi connectivity index (χ2v) is 7.35. The van der Waals surface area contributed by atoms with Crippen LogP contribution in [0.15, 0.2) is 0 Å². The molecule has 0 unspecified atom stereocenters. The fourth-order valence-corrected chi connectivity index (χ4v) is 5.18. The molecule has 0 aliphatic heterocycles. The van der Waals surface area contributed by atoms with Crippen LogP contribution >= 0.6 is 0 Å². The zero-order valence-electron chi connectivity index (χ0n) is 12.1. The van der Waals surface area contributed by atoms with Crippen LogP contribution in [0.4, 0.5) is 0 Å². The van der Waals surface area contributed by atoms with E-state index in [0.29, 0.717) is 19.3 Å². The number of carboxylic acid groups (broad SMARTS) is 1. The van der Waals surface area contributed by atoms with Gasteiger partial charge in [0.05, 0.1) is 0 Å². The van der Waals surface area contributed by atoms with Crippen molar-refractivity contribution in [3.05, 3.63) is 0 Å². The number of hydrogen-bond acceptors (Lipinski definition) is 2. The predicted octanol–water partition coefficient (Wildman–Crippen LogP) is 2.72. The van der Waals surface area contributed by atoms with Crippen LogP contribution < -0.4 is 5.32 Å². The molecule has 4 nitrogen and oxygen atoms in total. The van der Waals surface area contributed by atoms with Gasteiger partial charge in [0.25, 0.3) is 0 Å². The average molecular weight is 279 g/mol. The lowest BCUT2D eigenvalue weighted by Crippen LogP contribution is -2.59. The van der Waals surface area contributed by atoms with Crippen LogP contribution in [0, 0.1) is 17.8 Å². The molecule has 0 aromatic heterocycles. The first-order valence-corrected chi connectivity index (χ1v) is 8.07. The molecule has 4 bridgehead atoms. The summed E-state index contributed by atoms with van der Waals surface area (Å²) in [5.74, 6) is 1.89. The standard InChI is InChI=1S/C16H25NO3/c18-14(3-1-2-4-15(19)20)17-16-8-11-5-12(9-16)7-13(6-11)10-16/h11-13H,1-10H2,(H,17,18)(H,19,20). The minimum atomic E-state index is -0.772.